The number of aromatic amines is 1. The van der Waals surface area contributed by atoms with Gasteiger partial charge in [-0.05, 0) is 31.2 Å². The Hall–Kier alpha value is -3.35. The molecule has 0 bridgehead atoms. The van der Waals surface area contributed by atoms with Crippen LogP contribution in [0.2, 0.25) is 0 Å². The Morgan fingerprint density at radius 1 is 1.22 bits per heavy atom. The fourth-order valence-electron chi connectivity index (χ4n) is 2.57. The third-order valence-electron chi connectivity index (χ3n) is 3.56. The Bertz CT molecular complexity index is 969. The number of aryl methyl sites for hydroxylation is 1. The van der Waals surface area contributed by atoms with Crippen molar-refractivity contribution < 1.29 is 0 Å². The number of hydrogen-bond acceptors (Lipinski definition) is 5. The van der Waals surface area contributed by atoms with Gasteiger partial charge in [-0.1, -0.05) is 0 Å². The molecule has 114 valence electrons. The maximum Gasteiger partial charge on any atom is 0.159 e. The minimum absolute atomic E-state index is 0.674. The van der Waals surface area contributed by atoms with Crippen molar-refractivity contribution in [2.45, 2.75) is 6.92 Å². The largest absolute Gasteiger partial charge is 0.398 e. The van der Waals surface area contributed by atoms with Crippen LogP contribution >= 0.6 is 0 Å². The molecule has 4 aromatic heterocycles. The molecule has 7 nitrogen and oxygen atoms in total. The lowest BCUT2D eigenvalue weighted by Crippen LogP contribution is -1.96. The lowest BCUT2D eigenvalue weighted by atomic mass is 10.1. The fraction of sp³-hybridized carbons (Fsp3) is 0.0625. The van der Waals surface area contributed by atoms with Gasteiger partial charge in [0.1, 0.15) is 5.65 Å². The minimum atomic E-state index is 0.674. The van der Waals surface area contributed by atoms with Crippen molar-refractivity contribution in [3.05, 3.63) is 54.6 Å². The highest BCUT2D eigenvalue weighted by Gasteiger charge is 2.15. The zero-order valence-corrected chi connectivity index (χ0v) is 12.5. The van der Waals surface area contributed by atoms with Crippen molar-refractivity contribution in [1.29, 1.82) is 0 Å². The number of nitrogens with zero attached hydrogens (tertiary/aromatic N) is 4. The fourth-order valence-corrected chi connectivity index (χ4v) is 2.57. The molecule has 4 N–H and O–H groups in total. The van der Waals surface area contributed by atoms with Gasteiger partial charge in [0.25, 0.3) is 0 Å². The van der Waals surface area contributed by atoms with Gasteiger partial charge in [0.15, 0.2) is 11.6 Å². The number of nitrogen functional groups attached to an aromatic ring is 1. The number of pyridine rings is 2. The summed E-state index contributed by atoms with van der Waals surface area (Å²) in [5, 5.41) is 10.2. The summed E-state index contributed by atoms with van der Waals surface area (Å²) < 4.78 is 1.97. The molecule has 7 heteroatoms. The van der Waals surface area contributed by atoms with Gasteiger partial charge in [-0.15, -0.1) is 0 Å². The molecule has 0 amide bonds. The van der Waals surface area contributed by atoms with Gasteiger partial charge in [0.05, 0.1) is 5.69 Å². The van der Waals surface area contributed by atoms with Crippen molar-refractivity contribution in [3.63, 3.8) is 0 Å². The van der Waals surface area contributed by atoms with Crippen LogP contribution in [0.5, 0.6) is 0 Å². The smallest absolute Gasteiger partial charge is 0.159 e. The van der Waals surface area contributed by atoms with E-state index in [0.29, 0.717) is 17.3 Å². The molecule has 0 radical (unpaired) electrons. The van der Waals surface area contributed by atoms with E-state index in [-0.39, 0.29) is 0 Å². The molecular weight excluding hydrogens is 290 g/mol. The van der Waals surface area contributed by atoms with Gasteiger partial charge in [-0.25, -0.2) is 4.98 Å². The zero-order valence-electron chi connectivity index (χ0n) is 12.5. The predicted molar refractivity (Wildman–Crippen MR) is 89.4 cm³/mol. The maximum atomic E-state index is 5.95. The molecule has 0 aliphatic heterocycles. The number of rotatable bonds is 3. The first-order chi connectivity index (χ1) is 11.2. The molecule has 0 saturated carbocycles. The molecule has 0 aliphatic rings. The van der Waals surface area contributed by atoms with E-state index in [1.165, 1.54) is 0 Å². The normalized spacial score (nSPS) is 11.0. The number of hydrogen-bond donors (Lipinski definition) is 3. The molecular formula is C16H15N7. The van der Waals surface area contributed by atoms with Crippen molar-refractivity contribution in [1.82, 2.24) is 24.6 Å². The van der Waals surface area contributed by atoms with Crippen molar-refractivity contribution in [3.8, 4) is 11.3 Å². The Morgan fingerprint density at radius 2 is 2.13 bits per heavy atom. The van der Waals surface area contributed by atoms with E-state index >= 15 is 0 Å². The van der Waals surface area contributed by atoms with E-state index in [9.17, 15) is 0 Å². The third-order valence-corrected chi connectivity index (χ3v) is 3.56. The number of nitrogens with one attached hydrogen (secondary N) is 2. The molecule has 0 unspecified atom stereocenters. The third kappa shape index (κ3) is 2.38. The number of imidazole rings is 1. The SMILES string of the molecule is Cc1cc(-c2c(Nc3cc[nH]n3)nc3ccc(N)cn23)ccn1. The first-order valence-electron chi connectivity index (χ1n) is 7.18. The van der Waals surface area contributed by atoms with Crippen LogP contribution in [-0.4, -0.2) is 24.6 Å². The second-order valence-corrected chi connectivity index (χ2v) is 5.27. The second kappa shape index (κ2) is 5.13. The van der Waals surface area contributed by atoms with Crippen LogP contribution in [0.4, 0.5) is 17.3 Å². The lowest BCUT2D eigenvalue weighted by molar-refractivity contribution is 1.09. The second-order valence-electron chi connectivity index (χ2n) is 5.27. The van der Waals surface area contributed by atoms with Crippen LogP contribution in [0, 0.1) is 6.92 Å². The number of fused-ring (bicyclic) bond motifs is 1. The molecule has 4 heterocycles. The average molecular weight is 305 g/mol. The van der Waals surface area contributed by atoms with Gasteiger partial charge in [-0.3, -0.25) is 14.5 Å². The molecule has 0 aromatic carbocycles. The predicted octanol–water partition coefficient (Wildman–Crippen LogP) is 2.75. The molecule has 0 atom stereocenters. The summed E-state index contributed by atoms with van der Waals surface area (Å²) >= 11 is 0. The van der Waals surface area contributed by atoms with E-state index in [1.54, 1.807) is 12.4 Å². The van der Waals surface area contributed by atoms with Gasteiger partial charge in [-0.2, -0.15) is 5.10 Å². The van der Waals surface area contributed by atoms with Crippen LogP contribution in [-0.2, 0) is 0 Å². The quantitative estimate of drug-likeness (QED) is 0.541. The van der Waals surface area contributed by atoms with Crippen LogP contribution in [0.25, 0.3) is 16.9 Å². The summed E-state index contributed by atoms with van der Waals surface area (Å²) in [5.74, 6) is 1.42. The molecule has 4 aromatic rings. The number of nitrogens with two attached hydrogens (primary N) is 1. The number of anilines is 3. The van der Waals surface area contributed by atoms with Crippen LogP contribution in [0.3, 0.4) is 0 Å². The first kappa shape index (κ1) is 13.3. The van der Waals surface area contributed by atoms with E-state index in [1.807, 2.05) is 47.9 Å². The Morgan fingerprint density at radius 3 is 2.91 bits per heavy atom. The average Bonchev–Trinajstić information content (AvgIpc) is 3.14. The zero-order chi connectivity index (χ0) is 15.8. The molecule has 23 heavy (non-hydrogen) atoms. The van der Waals surface area contributed by atoms with Crippen molar-refractivity contribution in [2.24, 2.45) is 0 Å². The van der Waals surface area contributed by atoms with Gasteiger partial charge in [0.2, 0.25) is 0 Å². The summed E-state index contributed by atoms with van der Waals surface area (Å²) in [6.45, 7) is 1.96. The summed E-state index contributed by atoms with van der Waals surface area (Å²) in [7, 11) is 0. The van der Waals surface area contributed by atoms with Crippen molar-refractivity contribution >= 4 is 23.0 Å². The van der Waals surface area contributed by atoms with Gasteiger partial charge in [0, 0.05) is 41.6 Å². The Balaban J connectivity index is 1.96. The lowest BCUT2D eigenvalue weighted by Gasteiger charge is -2.07. The molecule has 0 aliphatic carbocycles. The molecule has 4 rings (SSSR count). The minimum Gasteiger partial charge on any atom is -0.398 e. The standard InChI is InChI=1S/C16H15N7/c1-10-8-11(4-6-18-10)15-16(20-13-5-7-19-22-13)21-14-3-2-12(17)9-23(14)15/h2-9H,17H2,1H3,(H2,19,20,22). The monoisotopic (exact) mass is 305 g/mol. The highest BCUT2D eigenvalue weighted by atomic mass is 15.2. The topological polar surface area (TPSA) is 96.9 Å². The Kier molecular flexibility index (Phi) is 2.97. The Labute approximate surface area is 132 Å². The van der Waals surface area contributed by atoms with Crippen LogP contribution in [0.15, 0.2) is 48.9 Å². The van der Waals surface area contributed by atoms with E-state index in [4.69, 9.17) is 5.73 Å². The maximum absolute atomic E-state index is 5.95. The summed E-state index contributed by atoms with van der Waals surface area (Å²) in [4.78, 5) is 8.92. The van der Waals surface area contributed by atoms with Crippen molar-refractivity contribution in [2.75, 3.05) is 11.1 Å². The van der Waals surface area contributed by atoms with Crippen LogP contribution < -0.4 is 11.1 Å². The van der Waals surface area contributed by atoms with E-state index < -0.39 is 0 Å². The van der Waals surface area contributed by atoms with Gasteiger partial charge < -0.3 is 11.1 Å². The first-order valence-corrected chi connectivity index (χ1v) is 7.18. The number of aromatic nitrogens is 5. The summed E-state index contributed by atoms with van der Waals surface area (Å²) in [5.41, 5.74) is 10.3. The van der Waals surface area contributed by atoms with E-state index in [0.717, 1.165) is 22.6 Å². The summed E-state index contributed by atoms with van der Waals surface area (Å²) in [6.07, 6.45) is 5.41. The summed E-state index contributed by atoms with van der Waals surface area (Å²) in [6, 6.07) is 9.54. The molecule has 0 spiro atoms. The highest BCUT2D eigenvalue weighted by Crippen LogP contribution is 2.31. The number of H-pyrrole nitrogens is 1. The molecule has 0 fully saturated rings. The van der Waals surface area contributed by atoms with Crippen LogP contribution in [0.1, 0.15) is 5.69 Å². The highest BCUT2D eigenvalue weighted by molar-refractivity contribution is 5.79. The van der Waals surface area contributed by atoms with E-state index in [2.05, 4.69) is 25.5 Å². The van der Waals surface area contributed by atoms with Gasteiger partial charge >= 0.3 is 0 Å². The molecule has 0 saturated heterocycles.